The molecule has 0 radical (unpaired) electrons. The number of carboxylic acid groups (broad SMARTS) is 1. The van der Waals surface area contributed by atoms with Gasteiger partial charge in [0, 0.05) is 6.42 Å². The Kier molecular flexibility index (Phi) is 9.21. The number of nitrogens with one attached hydrogen (secondary N) is 1. The maximum atomic E-state index is 11.5. The van der Waals surface area contributed by atoms with Gasteiger partial charge in [-0.1, -0.05) is 32.6 Å². The second-order valence-electron chi connectivity index (χ2n) is 5.73. The quantitative estimate of drug-likeness (QED) is 0.444. The van der Waals surface area contributed by atoms with Crippen molar-refractivity contribution in [2.24, 2.45) is 0 Å². The fraction of sp³-hybridized carbons (Fsp3) is 0.857. The number of hydrogen-bond donors (Lipinski definition) is 2. The van der Waals surface area contributed by atoms with Crippen LogP contribution in [0.2, 0.25) is 0 Å². The molecule has 0 aromatic rings. The van der Waals surface area contributed by atoms with Crippen LogP contribution in [0.25, 0.3) is 0 Å². The summed E-state index contributed by atoms with van der Waals surface area (Å²) in [6.07, 6.45) is 6.29. The Labute approximate surface area is 116 Å². The molecule has 112 valence electrons. The molecule has 5 nitrogen and oxygen atoms in total. The van der Waals surface area contributed by atoms with Crippen molar-refractivity contribution in [3.8, 4) is 0 Å². The van der Waals surface area contributed by atoms with Gasteiger partial charge in [-0.05, 0) is 6.42 Å². The molecule has 0 rings (SSSR count). The first-order chi connectivity index (χ1) is 8.87. The van der Waals surface area contributed by atoms with Crippen molar-refractivity contribution in [3.05, 3.63) is 0 Å². The Hall–Kier alpha value is -1.10. The fourth-order valence-corrected chi connectivity index (χ4v) is 1.92. The van der Waals surface area contributed by atoms with Gasteiger partial charge in [-0.2, -0.15) is 0 Å². The molecule has 0 unspecified atom stereocenters. The largest absolute Gasteiger partial charge is 0.477 e. The number of hydrogen-bond acceptors (Lipinski definition) is 2. The lowest BCUT2D eigenvalue weighted by molar-refractivity contribution is -0.881. The van der Waals surface area contributed by atoms with E-state index >= 15 is 0 Å². The molecule has 0 saturated heterocycles. The first-order valence-corrected chi connectivity index (χ1v) is 7.18. The minimum atomic E-state index is -0.813. The van der Waals surface area contributed by atoms with Crippen LogP contribution in [-0.2, 0) is 9.59 Å². The molecule has 0 saturated carbocycles. The van der Waals surface area contributed by atoms with Crippen LogP contribution in [0.15, 0.2) is 0 Å². The molecular weight excluding hydrogens is 244 g/mol. The van der Waals surface area contributed by atoms with E-state index in [0.717, 1.165) is 12.8 Å². The van der Waals surface area contributed by atoms with E-state index in [4.69, 9.17) is 5.11 Å². The van der Waals surface area contributed by atoms with Crippen molar-refractivity contribution >= 4 is 11.9 Å². The van der Waals surface area contributed by atoms with Gasteiger partial charge < -0.3 is 14.9 Å². The smallest absolute Gasteiger partial charge is 0.359 e. The van der Waals surface area contributed by atoms with Gasteiger partial charge in [-0.15, -0.1) is 0 Å². The molecule has 0 fully saturated rings. The molecule has 0 aliphatic carbocycles. The number of likely N-dealkylation sites (N-methyl/N-ethyl adjacent to an activating group) is 1. The van der Waals surface area contributed by atoms with Gasteiger partial charge in [0.15, 0.2) is 6.54 Å². The molecule has 0 aliphatic heterocycles. The van der Waals surface area contributed by atoms with Gasteiger partial charge in [0.05, 0.1) is 27.2 Å². The number of amides is 1. The number of nitrogens with zero attached hydrogens (tertiary/aromatic N) is 1. The van der Waals surface area contributed by atoms with Crippen LogP contribution in [0, 0.1) is 0 Å². The first-order valence-electron chi connectivity index (χ1n) is 7.18. The second-order valence-corrected chi connectivity index (χ2v) is 5.73. The van der Waals surface area contributed by atoms with E-state index in [1.165, 1.54) is 19.3 Å². The second kappa shape index (κ2) is 9.78. The van der Waals surface area contributed by atoms with Crippen molar-refractivity contribution < 1.29 is 19.2 Å². The molecule has 0 aliphatic rings. The normalized spacial score (nSPS) is 11.3. The van der Waals surface area contributed by atoms with Crippen LogP contribution in [0.3, 0.4) is 0 Å². The van der Waals surface area contributed by atoms with Gasteiger partial charge in [-0.25, -0.2) is 4.79 Å². The molecule has 19 heavy (non-hydrogen) atoms. The third kappa shape index (κ3) is 11.7. The van der Waals surface area contributed by atoms with Crippen molar-refractivity contribution in [3.63, 3.8) is 0 Å². The van der Waals surface area contributed by atoms with Crippen molar-refractivity contribution in [1.29, 1.82) is 0 Å². The standard InChI is InChI=1S/C14H28N2O3/c1-4-5-6-7-8-9-13(17)15-10-11-16(2,3)12-14(18)19/h4-12H2,1-3H3,(H-,15,17,18,19)/p+1. The highest BCUT2D eigenvalue weighted by Crippen LogP contribution is 2.04. The Morgan fingerprint density at radius 1 is 1.11 bits per heavy atom. The number of aliphatic carboxylic acids is 1. The molecule has 0 spiro atoms. The highest BCUT2D eigenvalue weighted by atomic mass is 16.4. The zero-order valence-corrected chi connectivity index (χ0v) is 12.6. The van der Waals surface area contributed by atoms with Gasteiger partial charge in [0.1, 0.15) is 0 Å². The van der Waals surface area contributed by atoms with Gasteiger partial charge in [-0.3, -0.25) is 4.79 Å². The van der Waals surface area contributed by atoms with E-state index in [-0.39, 0.29) is 12.5 Å². The first kappa shape index (κ1) is 17.9. The van der Waals surface area contributed by atoms with Gasteiger partial charge in [0.2, 0.25) is 5.91 Å². The average Bonchev–Trinajstić information content (AvgIpc) is 2.26. The van der Waals surface area contributed by atoms with Gasteiger partial charge >= 0.3 is 5.97 Å². The molecule has 1 amide bonds. The molecule has 0 heterocycles. The monoisotopic (exact) mass is 273 g/mol. The maximum Gasteiger partial charge on any atom is 0.359 e. The summed E-state index contributed by atoms with van der Waals surface area (Å²) in [7, 11) is 3.70. The topological polar surface area (TPSA) is 66.4 Å². The highest BCUT2D eigenvalue weighted by Gasteiger charge is 2.19. The van der Waals surface area contributed by atoms with Gasteiger partial charge in [0.25, 0.3) is 0 Å². The van der Waals surface area contributed by atoms with Crippen LogP contribution in [-0.4, -0.2) is 55.2 Å². The number of carbonyl (C=O) groups excluding carboxylic acids is 1. The summed E-state index contributed by atoms with van der Waals surface area (Å²) in [5.74, 6) is -0.737. The van der Waals surface area contributed by atoms with Crippen LogP contribution in [0.1, 0.15) is 45.4 Å². The Morgan fingerprint density at radius 2 is 1.74 bits per heavy atom. The Bertz CT molecular complexity index is 278. The van der Waals surface area contributed by atoms with E-state index < -0.39 is 5.97 Å². The molecule has 2 N–H and O–H groups in total. The lowest BCUT2D eigenvalue weighted by atomic mass is 10.1. The van der Waals surface area contributed by atoms with E-state index in [1.54, 1.807) is 0 Å². The maximum absolute atomic E-state index is 11.5. The SMILES string of the molecule is CCCCCCCC(=O)NCC[N+](C)(C)CC(=O)O. The summed E-state index contributed by atoms with van der Waals surface area (Å²) in [6, 6.07) is 0. The minimum absolute atomic E-state index is 0.0758. The Balaban J connectivity index is 3.60. The molecule has 0 aromatic heterocycles. The van der Waals surface area contributed by atoms with Crippen molar-refractivity contribution in [2.75, 3.05) is 33.7 Å². The zero-order chi connectivity index (χ0) is 14.7. The number of rotatable bonds is 11. The number of carbonyl (C=O) groups is 2. The summed E-state index contributed by atoms with van der Waals surface area (Å²) < 4.78 is 0.381. The van der Waals surface area contributed by atoms with Crippen molar-refractivity contribution in [1.82, 2.24) is 5.32 Å². The van der Waals surface area contributed by atoms with E-state index in [0.29, 0.717) is 24.0 Å². The highest BCUT2D eigenvalue weighted by molar-refractivity contribution is 5.75. The predicted molar refractivity (Wildman–Crippen MR) is 75.9 cm³/mol. The fourth-order valence-electron chi connectivity index (χ4n) is 1.92. The molecule has 0 bridgehead atoms. The van der Waals surface area contributed by atoms with E-state index in [2.05, 4.69) is 12.2 Å². The van der Waals surface area contributed by atoms with Crippen LogP contribution in [0.4, 0.5) is 0 Å². The molecular formula is C14H29N2O3+. The third-order valence-electron chi connectivity index (χ3n) is 3.11. The van der Waals surface area contributed by atoms with E-state index in [1.807, 2.05) is 14.1 Å². The molecule has 5 heteroatoms. The summed E-state index contributed by atoms with van der Waals surface area (Å²) in [4.78, 5) is 22.2. The zero-order valence-electron chi connectivity index (χ0n) is 12.6. The minimum Gasteiger partial charge on any atom is -0.477 e. The predicted octanol–water partition coefficient (Wildman–Crippen LogP) is 1.62. The lowest BCUT2D eigenvalue weighted by Gasteiger charge is -2.27. The molecule has 0 aromatic carbocycles. The summed E-state index contributed by atoms with van der Waals surface area (Å²) in [5, 5.41) is 11.6. The average molecular weight is 273 g/mol. The van der Waals surface area contributed by atoms with Crippen LogP contribution >= 0.6 is 0 Å². The van der Waals surface area contributed by atoms with E-state index in [9.17, 15) is 9.59 Å². The molecule has 0 atom stereocenters. The summed E-state index contributed by atoms with van der Waals surface area (Å²) in [5.41, 5.74) is 0. The summed E-state index contributed by atoms with van der Waals surface area (Å²) >= 11 is 0. The number of unbranched alkanes of at least 4 members (excludes halogenated alkanes) is 4. The number of carboxylic acids is 1. The lowest BCUT2D eigenvalue weighted by Crippen LogP contribution is -2.48. The number of quaternary nitrogens is 1. The Morgan fingerprint density at radius 3 is 2.32 bits per heavy atom. The third-order valence-corrected chi connectivity index (χ3v) is 3.11. The van der Waals surface area contributed by atoms with Crippen LogP contribution < -0.4 is 5.32 Å². The van der Waals surface area contributed by atoms with Crippen LogP contribution in [0.5, 0.6) is 0 Å². The van der Waals surface area contributed by atoms with Crippen molar-refractivity contribution in [2.45, 2.75) is 45.4 Å². The summed E-state index contributed by atoms with van der Waals surface area (Å²) in [6.45, 7) is 3.42.